The lowest BCUT2D eigenvalue weighted by atomic mass is 10.3. The highest BCUT2D eigenvalue weighted by Crippen LogP contribution is 2.16. The second-order valence-corrected chi connectivity index (χ2v) is 5.96. The SMILES string of the molecule is COCCn1c(=O)c2c(ncn2C(C)C)n(-c2ccc(F)cc2)c1=O. The Balaban J connectivity index is 2.40. The van der Waals surface area contributed by atoms with Crippen molar-refractivity contribution in [2.24, 2.45) is 0 Å². The molecule has 7 nitrogen and oxygen atoms in total. The van der Waals surface area contributed by atoms with E-state index < -0.39 is 17.1 Å². The van der Waals surface area contributed by atoms with Crippen LogP contribution in [-0.4, -0.2) is 32.4 Å². The molecule has 0 saturated heterocycles. The molecule has 132 valence electrons. The van der Waals surface area contributed by atoms with Crippen molar-refractivity contribution < 1.29 is 9.13 Å². The zero-order chi connectivity index (χ0) is 18.1. The molecule has 3 aromatic rings. The highest BCUT2D eigenvalue weighted by Gasteiger charge is 2.20. The van der Waals surface area contributed by atoms with Gasteiger partial charge in [-0.1, -0.05) is 0 Å². The minimum absolute atomic E-state index is 0.00672. The Bertz CT molecular complexity index is 1020. The zero-order valence-electron chi connectivity index (χ0n) is 14.3. The molecule has 0 bridgehead atoms. The van der Waals surface area contributed by atoms with E-state index in [2.05, 4.69) is 4.98 Å². The Morgan fingerprint density at radius 2 is 1.88 bits per heavy atom. The van der Waals surface area contributed by atoms with Gasteiger partial charge in [0, 0.05) is 13.2 Å². The van der Waals surface area contributed by atoms with Gasteiger partial charge in [-0.15, -0.1) is 0 Å². The van der Waals surface area contributed by atoms with E-state index >= 15 is 0 Å². The van der Waals surface area contributed by atoms with Gasteiger partial charge < -0.3 is 9.30 Å². The summed E-state index contributed by atoms with van der Waals surface area (Å²) in [5.74, 6) is -0.409. The third-order valence-corrected chi connectivity index (χ3v) is 4.02. The molecule has 0 amide bonds. The van der Waals surface area contributed by atoms with Crippen molar-refractivity contribution in [1.29, 1.82) is 0 Å². The first-order valence-electron chi connectivity index (χ1n) is 7.93. The topological polar surface area (TPSA) is 71.1 Å². The summed E-state index contributed by atoms with van der Waals surface area (Å²) in [5, 5.41) is 0. The van der Waals surface area contributed by atoms with Crippen LogP contribution in [0.2, 0.25) is 0 Å². The summed E-state index contributed by atoms with van der Waals surface area (Å²) in [6.07, 6.45) is 1.54. The van der Waals surface area contributed by atoms with E-state index in [4.69, 9.17) is 4.74 Å². The largest absolute Gasteiger partial charge is 0.383 e. The third-order valence-electron chi connectivity index (χ3n) is 4.02. The quantitative estimate of drug-likeness (QED) is 0.705. The van der Waals surface area contributed by atoms with Gasteiger partial charge in [0.05, 0.1) is 25.2 Å². The van der Waals surface area contributed by atoms with E-state index in [1.807, 2.05) is 13.8 Å². The number of rotatable bonds is 5. The fourth-order valence-electron chi connectivity index (χ4n) is 2.74. The smallest absolute Gasteiger partial charge is 0.337 e. The average Bonchev–Trinajstić information content (AvgIpc) is 3.01. The number of aromatic nitrogens is 4. The fourth-order valence-corrected chi connectivity index (χ4v) is 2.74. The first kappa shape index (κ1) is 17.1. The van der Waals surface area contributed by atoms with Gasteiger partial charge in [-0.3, -0.25) is 9.36 Å². The molecule has 0 aliphatic heterocycles. The molecule has 0 unspecified atom stereocenters. The zero-order valence-corrected chi connectivity index (χ0v) is 14.3. The molecule has 3 rings (SSSR count). The van der Waals surface area contributed by atoms with Crippen molar-refractivity contribution in [3.63, 3.8) is 0 Å². The van der Waals surface area contributed by atoms with Crippen LogP contribution in [0.15, 0.2) is 40.2 Å². The first-order chi connectivity index (χ1) is 12.0. The van der Waals surface area contributed by atoms with Crippen molar-refractivity contribution >= 4 is 11.2 Å². The maximum atomic E-state index is 13.3. The second kappa shape index (κ2) is 6.64. The minimum atomic E-state index is -0.532. The molecule has 1 aromatic carbocycles. The minimum Gasteiger partial charge on any atom is -0.383 e. The number of benzene rings is 1. The summed E-state index contributed by atoms with van der Waals surface area (Å²) in [7, 11) is 1.50. The van der Waals surface area contributed by atoms with E-state index in [1.54, 1.807) is 4.57 Å². The normalized spacial score (nSPS) is 11.6. The molecule has 2 heterocycles. The molecule has 0 aliphatic rings. The first-order valence-corrected chi connectivity index (χ1v) is 7.93. The van der Waals surface area contributed by atoms with Gasteiger partial charge in [0.25, 0.3) is 5.56 Å². The molecule has 0 spiro atoms. The molecule has 25 heavy (non-hydrogen) atoms. The van der Waals surface area contributed by atoms with Gasteiger partial charge in [-0.05, 0) is 38.1 Å². The standard InChI is InChI=1S/C17H19FN4O3/c1-11(2)21-10-19-15-14(21)16(23)20(8-9-25-3)17(24)22(15)13-6-4-12(18)5-7-13/h4-7,10-11H,8-9H2,1-3H3. The van der Waals surface area contributed by atoms with Gasteiger partial charge in [0.2, 0.25) is 0 Å². The van der Waals surface area contributed by atoms with Gasteiger partial charge in [-0.25, -0.2) is 18.7 Å². The number of methoxy groups -OCH3 is 1. The van der Waals surface area contributed by atoms with Crippen LogP contribution in [-0.2, 0) is 11.3 Å². The predicted molar refractivity (Wildman–Crippen MR) is 91.8 cm³/mol. The van der Waals surface area contributed by atoms with Crippen molar-refractivity contribution in [2.45, 2.75) is 26.4 Å². The van der Waals surface area contributed by atoms with Crippen LogP contribution < -0.4 is 11.2 Å². The lowest BCUT2D eigenvalue weighted by Crippen LogP contribution is -2.41. The number of hydrogen-bond donors (Lipinski definition) is 0. The predicted octanol–water partition coefficient (Wildman–Crippen LogP) is 1.72. The van der Waals surface area contributed by atoms with Crippen LogP contribution in [0.25, 0.3) is 16.9 Å². The van der Waals surface area contributed by atoms with E-state index in [1.165, 1.54) is 42.3 Å². The monoisotopic (exact) mass is 346 g/mol. The van der Waals surface area contributed by atoms with Gasteiger partial charge in [0.15, 0.2) is 11.2 Å². The van der Waals surface area contributed by atoms with Crippen molar-refractivity contribution in [3.05, 3.63) is 57.2 Å². The number of imidazole rings is 1. The van der Waals surface area contributed by atoms with E-state index in [-0.39, 0.29) is 24.8 Å². The summed E-state index contributed by atoms with van der Waals surface area (Å²) in [6, 6.07) is 5.48. The maximum Gasteiger partial charge on any atom is 0.337 e. The van der Waals surface area contributed by atoms with Crippen molar-refractivity contribution in [2.75, 3.05) is 13.7 Å². The third kappa shape index (κ3) is 2.89. The highest BCUT2D eigenvalue weighted by molar-refractivity contribution is 5.72. The Morgan fingerprint density at radius 1 is 1.20 bits per heavy atom. The summed E-state index contributed by atoms with van der Waals surface area (Å²) in [5.41, 5.74) is 0.0763. The molecule has 2 aromatic heterocycles. The number of fused-ring (bicyclic) bond motifs is 1. The number of nitrogens with zero attached hydrogens (tertiary/aromatic N) is 4. The summed E-state index contributed by atoms with van der Waals surface area (Å²) in [6.45, 7) is 4.19. The Labute approximate surface area is 142 Å². The highest BCUT2D eigenvalue weighted by atomic mass is 19.1. The Kier molecular flexibility index (Phi) is 4.54. The molecular weight excluding hydrogens is 327 g/mol. The fraction of sp³-hybridized carbons (Fsp3) is 0.353. The number of halogens is 1. The molecule has 0 radical (unpaired) electrons. The van der Waals surface area contributed by atoms with Gasteiger partial charge in [-0.2, -0.15) is 0 Å². The average molecular weight is 346 g/mol. The lowest BCUT2D eigenvalue weighted by molar-refractivity contribution is 0.184. The van der Waals surface area contributed by atoms with E-state index in [0.29, 0.717) is 11.2 Å². The van der Waals surface area contributed by atoms with E-state index in [9.17, 15) is 14.0 Å². The molecule has 0 saturated carbocycles. The number of hydrogen-bond acceptors (Lipinski definition) is 4. The van der Waals surface area contributed by atoms with Crippen LogP contribution in [0, 0.1) is 5.82 Å². The molecule has 0 aliphatic carbocycles. The summed E-state index contributed by atoms with van der Waals surface area (Å²) in [4.78, 5) is 30.0. The molecule has 0 atom stereocenters. The van der Waals surface area contributed by atoms with Gasteiger partial charge >= 0.3 is 5.69 Å². The van der Waals surface area contributed by atoms with Crippen LogP contribution in [0.4, 0.5) is 4.39 Å². The Morgan fingerprint density at radius 3 is 2.48 bits per heavy atom. The van der Waals surface area contributed by atoms with E-state index in [0.717, 1.165) is 4.57 Å². The molecule has 0 fully saturated rings. The lowest BCUT2D eigenvalue weighted by Gasteiger charge is -2.13. The maximum absolute atomic E-state index is 13.3. The summed E-state index contributed by atoms with van der Waals surface area (Å²) >= 11 is 0. The molecule has 8 heteroatoms. The molecule has 0 N–H and O–H groups in total. The van der Waals surface area contributed by atoms with Gasteiger partial charge in [0.1, 0.15) is 5.82 Å². The van der Waals surface area contributed by atoms with Crippen molar-refractivity contribution in [1.82, 2.24) is 18.7 Å². The van der Waals surface area contributed by atoms with Crippen LogP contribution in [0.1, 0.15) is 19.9 Å². The van der Waals surface area contributed by atoms with Crippen molar-refractivity contribution in [3.8, 4) is 5.69 Å². The molecular formula is C17H19FN4O3. The second-order valence-electron chi connectivity index (χ2n) is 5.96. The van der Waals surface area contributed by atoms with Crippen LogP contribution in [0.3, 0.4) is 0 Å². The number of ether oxygens (including phenoxy) is 1. The summed E-state index contributed by atoms with van der Waals surface area (Å²) < 4.78 is 22.4. The Hall–Kier alpha value is -2.74. The van der Waals surface area contributed by atoms with Crippen LogP contribution in [0.5, 0.6) is 0 Å². The van der Waals surface area contributed by atoms with Crippen LogP contribution >= 0.6 is 0 Å².